The smallest absolute Gasteiger partial charge is 0.335 e. The van der Waals surface area contributed by atoms with Crippen LogP contribution in [-0.4, -0.2) is 4.98 Å². The Morgan fingerprint density at radius 3 is 2.81 bits per heavy atom. The van der Waals surface area contributed by atoms with Crippen molar-refractivity contribution in [3.05, 3.63) is 77.7 Å². The van der Waals surface area contributed by atoms with Crippen molar-refractivity contribution in [2.45, 2.75) is 0 Å². The number of nitrogens with zero attached hydrogens (tertiary/aromatic N) is 3. The largest absolute Gasteiger partial charge is 0.670 e. The molecule has 3 nitrogen and oxygen atoms in total. The summed E-state index contributed by atoms with van der Waals surface area (Å²) in [5, 5.41) is 6.34. The van der Waals surface area contributed by atoms with Gasteiger partial charge in [0.1, 0.15) is 6.20 Å². The second-order valence-corrected chi connectivity index (χ2v) is 5.03. The Balaban J connectivity index is 2.02. The lowest BCUT2D eigenvalue weighted by atomic mass is 10.1. The van der Waals surface area contributed by atoms with E-state index in [1.54, 1.807) is 6.20 Å². The van der Waals surface area contributed by atoms with Crippen molar-refractivity contribution >= 4 is 23.2 Å². The minimum atomic E-state index is 0.853. The minimum absolute atomic E-state index is 0.853. The molecule has 0 radical (unpaired) electrons. The maximum atomic E-state index is 4.77. The van der Waals surface area contributed by atoms with Gasteiger partial charge in [-0.3, -0.25) is 0 Å². The van der Waals surface area contributed by atoms with Crippen LogP contribution in [0.1, 0.15) is 5.56 Å². The quantitative estimate of drug-likeness (QED) is 0.626. The van der Waals surface area contributed by atoms with Gasteiger partial charge in [0, 0.05) is 0 Å². The van der Waals surface area contributed by atoms with Crippen molar-refractivity contribution in [2.24, 2.45) is 0 Å². The zero-order valence-electron chi connectivity index (χ0n) is 11.4. The maximum absolute atomic E-state index is 4.77. The molecule has 0 spiro atoms. The Labute approximate surface area is 122 Å². The van der Waals surface area contributed by atoms with Crippen LogP contribution in [0.25, 0.3) is 39.9 Å². The SMILES string of the molecule is C=[n+]1cc2cc3c(cc2nc1-c1ccccc1)=C[N-]C=C3. The fourth-order valence-electron chi connectivity index (χ4n) is 2.57. The zero-order valence-corrected chi connectivity index (χ0v) is 11.4. The highest BCUT2D eigenvalue weighted by atomic mass is 14.9. The molecule has 21 heavy (non-hydrogen) atoms. The summed E-state index contributed by atoms with van der Waals surface area (Å²) in [4.78, 5) is 4.77. The molecule has 1 aliphatic rings. The summed E-state index contributed by atoms with van der Waals surface area (Å²) in [5.74, 6) is 0.853. The average Bonchev–Trinajstić information content (AvgIpc) is 2.53. The van der Waals surface area contributed by atoms with Crippen molar-refractivity contribution in [3.8, 4) is 11.4 Å². The average molecular weight is 271 g/mol. The summed E-state index contributed by atoms with van der Waals surface area (Å²) in [6.07, 6.45) is 7.69. The molecule has 0 bridgehead atoms. The van der Waals surface area contributed by atoms with Gasteiger partial charge in [-0.2, -0.15) is 12.4 Å². The van der Waals surface area contributed by atoms with Gasteiger partial charge < -0.3 is 5.32 Å². The molecule has 0 saturated heterocycles. The second-order valence-electron chi connectivity index (χ2n) is 5.03. The van der Waals surface area contributed by atoms with Gasteiger partial charge >= 0.3 is 5.82 Å². The van der Waals surface area contributed by atoms with Gasteiger partial charge in [-0.1, -0.05) is 24.3 Å². The van der Waals surface area contributed by atoms with E-state index >= 15 is 0 Å². The number of aromatic nitrogens is 2. The molecule has 3 heteroatoms. The first-order valence-corrected chi connectivity index (χ1v) is 6.78. The molecule has 1 aromatic heterocycles. The summed E-state index contributed by atoms with van der Waals surface area (Å²) in [5.41, 5.74) is 3.17. The molecule has 2 heterocycles. The molecule has 100 valence electrons. The highest BCUT2D eigenvalue weighted by Crippen LogP contribution is 2.17. The molecule has 0 amide bonds. The Morgan fingerprint density at radius 1 is 1.10 bits per heavy atom. The molecule has 4 rings (SSSR count). The second kappa shape index (κ2) is 4.56. The fraction of sp³-hybridized carbons (Fsp3) is 0. The number of hydrogen-bond donors (Lipinski definition) is 0. The molecule has 0 saturated carbocycles. The van der Waals surface area contributed by atoms with E-state index in [0.717, 1.165) is 33.1 Å². The molecule has 0 atom stereocenters. The normalized spacial score (nSPS) is 12.6. The molecule has 0 aliphatic carbocycles. The Kier molecular flexibility index (Phi) is 2.57. The van der Waals surface area contributed by atoms with Gasteiger partial charge in [0.25, 0.3) is 0 Å². The standard InChI is InChI=1S/C18H13N3/c1-21-12-16-9-14-7-8-19-11-15(14)10-17(16)20-18(21)13-5-3-2-4-6-13/h2-12H,1H2. The first-order chi connectivity index (χ1) is 10.3. The topological polar surface area (TPSA) is 32.9 Å². The summed E-state index contributed by atoms with van der Waals surface area (Å²) in [7, 11) is 0. The zero-order chi connectivity index (χ0) is 14.2. The van der Waals surface area contributed by atoms with Crippen LogP contribution in [0.5, 0.6) is 0 Å². The van der Waals surface area contributed by atoms with Crippen molar-refractivity contribution in [2.75, 3.05) is 0 Å². The van der Waals surface area contributed by atoms with Gasteiger partial charge in [-0.05, 0) is 40.0 Å². The van der Waals surface area contributed by atoms with Crippen LogP contribution in [0.2, 0.25) is 0 Å². The van der Waals surface area contributed by atoms with E-state index in [4.69, 9.17) is 4.98 Å². The fourth-order valence-corrected chi connectivity index (χ4v) is 2.57. The van der Waals surface area contributed by atoms with E-state index < -0.39 is 0 Å². The first-order valence-electron chi connectivity index (χ1n) is 6.78. The number of benzene rings is 2. The van der Waals surface area contributed by atoms with Gasteiger partial charge in [-0.15, -0.1) is 0 Å². The van der Waals surface area contributed by atoms with E-state index in [2.05, 4.69) is 24.2 Å². The third kappa shape index (κ3) is 1.99. The lowest BCUT2D eigenvalue weighted by molar-refractivity contribution is -0.487. The van der Waals surface area contributed by atoms with E-state index in [1.807, 2.05) is 53.0 Å². The van der Waals surface area contributed by atoms with Crippen LogP contribution in [0.15, 0.2) is 54.9 Å². The Bertz CT molecular complexity index is 973. The predicted octanol–water partition coefficient (Wildman–Crippen LogP) is 2.92. The molecule has 0 N–H and O–H groups in total. The van der Waals surface area contributed by atoms with E-state index in [9.17, 15) is 0 Å². The van der Waals surface area contributed by atoms with Crippen molar-refractivity contribution < 1.29 is 4.24 Å². The number of fused-ring (bicyclic) bond motifs is 2. The molecule has 1 aliphatic heterocycles. The highest BCUT2D eigenvalue weighted by molar-refractivity contribution is 5.83. The third-order valence-corrected chi connectivity index (χ3v) is 3.61. The van der Waals surface area contributed by atoms with Crippen LogP contribution in [0, 0.1) is 6.72 Å². The number of hydrogen-bond acceptors (Lipinski definition) is 1. The lowest BCUT2D eigenvalue weighted by Gasteiger charge is -2.13. The van der Waals surface area contributed by atoms with E-state index in [-0.39, 0.29) is 0 Å². The van der Waals surface area contributed by atoms with Gasteiger partial charge in [0.05, 0.1) is 17.7 Å². The molecular weight excluding hydrogens is 258 g/mol. The predicted molar refractivity (Wildman–Crippen MR) is 84.6 cm³/mol. The van der Waals surface area contributed by atoms with Gasteiger partial charge in [0.2, 0.25) is 0 Å². The molecular formula is C18H13N3. The number of rotatable bonds is 1. The van der Waals surface area contributed by atoms with Crippen molar-refractivity contribution in [1.29, 1.82) is 0 Å². The molecule has 2 aromatic carbocycles. The maximum Gasteiger partial charge on any atom is 0.335 e. The summed E-state index contributed by atoms with van der Waals surface area (Å²) in [6, 6.07) is 14.3. The van der Waals surface area contributed by atoms with Crippen LogP contribution in [0.4, 0.5) is 0 Å². The van der Waals surface area contributed by atoms with Crippen molar-refractivity contribution in [3.63, 3.8) is 0 Å². The monoisotopic (exact) mass is 271 g/mol. The van der Waals surface area contributed by atoms with Crippen LogP contribution < -0.4 is 9.46 Å². The van der Waals surface area contributed by atoms with Crippen LogP contribution >= 0.6 is 0 Å². The lowest BCUT2D eigenvalue weighted by Crippen LogP contribution is -2.19. The van der Waals surface area contributed by atoms with E-state index in [1.165, 1.54) is 0 Å². The summed E-state index contributed by atoms with van der Waals surface area (Å²) in [6.45, 7) is 4.07. The highest BCUT2D eigenvalue weighted by Gasteiger charge is 2.13. The van der Waals surface area contributed by atoms with Crippen LogP contribution in [0.3, 0.4) is 0 Å². The Morgan fingerprint density at radius 2 is 1.95 bits per heavy atom. The van der Waals surface area contributed by atoms with Crippen molar-refractivity contribution in [1.82, 2.24) is 4.98 Å². The minimum Gasteiger partial charge on any atom is -0.670 e. The molecule has 0 unspecified atom stereocenters. The third-order valence-electron chi connectivity index (χ3n) is 3.61. The Hall–Kier alpha value is -2.94. The van der Waals surface area contributed by atoms with Gasteiger partial charge in [0.15, 0.2) is 5.52 Å². The summed E-state index contributed by atoms with van der Waals surface area (Å²) < 4.78 is 1.82. The molecule has 0 fully saturated rings. The van der Waals surface area contributed by atoms with E-state index in [0.29, 0.717) is 0 Å². The first kappa shape index (κ1) is 11.9. The molecule has 3 aromatic rings. The van der Waals surface area contributed by atoms with Crippen LogP contribution in [-0.2, 0) is 0 Å². The summed E-state index contributed by atoms with van der Waals surface area (Å²) >= 11 is 0. The van der Waals surface area contributed by atoms with Gasteiger partial charge in [-0.25, -0.2) is 4.24 Å².